The Balaban J connectivity index is 1.55. The molecule has 1 atom stereocenters. The van der Waals surface area contributed by atoms with Gasteiger partial charge in [-0.05, 0) is 44.0 Å². The van der Waals surface area contributed by atoms with Gasteiger partial charge in [0, 0.05) is 49.4 Å². The van der Waals surface area contributed by atoms with Gasteiger partial charge in [0.05, 0.1) is 11.9 Å². The molecule has 1 aliphatic rings. The highest BCUT2D eigenvalue weighted by Crippen LogP contribution is 2.35. The van der Waals surface area contributed by atoms with E-state index in [1.54, 1.807) is 19.2 Å². The third-order valence-corrected chi connectivity index (χ3v) is 6.18. The third-order valence-electron chi connectivity index (χ3n) is 6.18. The molecule has 174 valence electrons. The number of rotatable bonds is 7. The summed E-state index contributed by atoms with van der Waals surface area (Å²) < 4.78 is 20.5. The molecule has 1 amide bonds. The van der Waals surface area contributed by atoms with Gasteiger partial charge in [0.2, 0.25) is 0 Å². The van der Waals surface area contributed by atoms with Gasteiger partial charge in [0.25, 0.3) is 0 Å². The zero-order chi connectivity index (χ0) is 23.4. The minimum absolute atomic E-state index is 0.0931. The summed E-state index contributed by atoms with van der Waals surface area (Å²) in [6.45, 7) is 5.52. The van der Waals surface area contributed by atoms with Crippen LogP contribution in [0.25, 0.3) is 11.1 Å². The number of amides is 1. The highest BCUT2D eigenvalue weighted by molar-refractivity contribution is 5.89. The van der Waals surface area contributed by atoms with Gasteiger partial charge in [-0.2, -0.15) is 4.98 Å². The van der Waals surface area contributed by atoms with Gasteiger partial charge >= 0.3 is 11.8 Å². The van der Waals surface area contributed by atoms with Crippen molar-refractivity contribution in [3.05, 3.63) is 59.3 Å². The average molecular weight is 453 g/mol. The summed E-state index contributed by atoms with van der Waals surface area (Å²) in [5.41, 5.74) is 3.44. The fourth-order valence-corrected chi connectivity index (χ4v) is 4.16. The van der Waals surface area contributed by atoms with Gasteiger partial charge in [-0.3, -0.25) is 9.78 Å². The summed E-state index contributed by atoms with van der Waals surface area (Å²) in [7, 11) is 1.97. The molecular formula is C24H29FN6O2. The molecule has 33 heavy (non-hydrogen) atoms. The van der Waals surface area contributed by atoms with Crippen LogP contribution in [0.5, 0.6) is 0 Å². The first-order chi connectivity index (χ1) is 16.0. The molecule has 4 rings (SSSR count). The van der Waals surface area contributed by atoms with Crippen LogP contribution in [0, 0.1) is 12.7 Å². The molecule has 1 saturated heterocycles. The molecule has 1 aromatic carbocycles. The molecule has 0 spiro atoms. The second-order valence-corrected chi connectivity index (χ2v) is 8.23. The Morgan fingerprint density at radius 3 is 2.91 bits per heavy atom. The number of halogens is 1. The summed E-state index contributed by atoms with van der Waals surface area (Å²) in [6.07, 6.45) is 6.27. The van der Waals surface area contributed by atoms with E-state index in [1.807, 2.05) is 32.3 Å². The molecule has 0 radical (unpaired) electrons. The standard InChI is InChI=1S/C24H29FN6O2/c1-4-21-29-24(33-30-21)23(32)28-12-16-7-8-19(22(25)15(16)2)18-9-10-27-13-20(18)31-11-5-6-17(14-31)26-3/h7-10,13,17,26H,4-6,11-12,14H2,1-3H3,(H,28,32). The Hall–Kier alpha value is -3.33. The molecule has 0 bridgehead atoms. The predicted molar refractivity (Wildman–Crippen MR) is 124 cm³/mol. The minimum atomic E-state index is -0.480. The van der Waals surface area contributed by atoms with Crippen LogP contribution in [0.4, 0.5) is 10.1 Å². The molecule has 1 aliphatic heterocycles. The van der Waals surface area contributed by atoms with Gasteiger partial charge < -0.3 is 20.1 Å². The number of aromatic nitrogens is 3. The first-order valence-corrected chi connectivity index (χ1v) is 11.3. The van der Waals surface area contributed by atoms with Crippen LogP contribution in [0.15, 0.2) is 35.1 Å². The van der Waals surface area contributed by atoms with E-state index in [2.05, 4.69) is 30.7 Å². The first kappa shape index (κ1) is 22.8. The summed E-state index contributed by atoms with van der Waals surface area (Å²) in [6, 6.07) is 5.87. The minimum Gasteiger partial charge on any atom is -0.368 e. The van der Waals surface area contributed by atoms with E-state index in [0.717, 1.165) is 37.2 Å². The molecule has 0 saturated carbocycles. The molecule has 1 fully saturated rings. The normalized spacial score (nSPS) is 16.1. The monoisotopic (exact) mass is 452 g/mol. The molecule has 2 aromatic heterocycles. The fraction of sp³-hybridized carbons (Fsp3) is 0.417. The van der Waals surface area contributed by atoms with Crippen molar-refractivity contribution in [1.29, 1.82) is 0 Å². The second kappa shape index (κ2) is 10.1. The van der Waals surface area contributed by atoms with E-state index in [4.69, 9.17) is 4.52 Å². The third kappa shape index (κ3) is 4.88. The number of benzene rings is 1. The van der Waals surface area contributed by atoms with Crippen LogP contribution in [-0.4, -0.2) is 47.2 Å². The van der Waals surface area contributed by atoms with E-state index < -0.39 is 5.91 Å². The lowest BCUT2D eigenvalue weighted by Gasteiger charge is -2.35. The maximum absolute atomic E-state index is 15.5. The number of carbonyl (C=O) groups is 1. The lowest BCUT2D eigenvalue weighted by atomic mass is 9.97. The highest BCUT2D eigenvalue weighted by Gasteiger charge is 2.23. The molecule has 8 nitrogen and oxygen atoms in total. The number of pyridine rings is 1. The average Bonchev–Trinajstić information content (AvgIpc) is 3.34. The van der Waals surface area contributed by atoms with Crippen molar-refractivity contribution < 1.29 is 13.7 Å². The lowest BCUT2D eigenvalue weighted by molar-refractivity contribution is 0.0907. The van der Waals surface area contributed by atoms with Crippen molar-refractivity contribution >= 4 is 11.6 Å². The molecule has 3 aromatic rings. The largest absolute Gasteiger partial charge is 0.368 e. The topological polar surface area (TPSA) is 96.2 Å². The molecule has 9 heteroatoms. The van der Waals surface area contributed by atoms with E-state index in [0.29, 0.717) is 35.0 Å². The predicted octanol–water partition coefficient (Wildman–Crippen LogP) is 3.26. The number of aryl methyl sites for hydroxylation is 1. The Bertz CT molecular complexity index is 1130. The van der Waals surface area contributed by atoms with Gasteiger partial charge in [-0.25, -0.2) is 4.39 Å². The van der Waals surface area contributed by atoms with Crippen LogP contribution < -0.4 is 15.5 Å². The molecule has 2 N–H and O–H groups in total. The van der Waals surface area contributed by atoms with Crippen LogP contribution in [0.1, 0.15) is 47.4 Å². The lowest BCUT2D eigenvalue weighted by Crippen LogP contribution is -2.44. The van der Waals surface area contributed by atoms with Gasteiger partial charge in [0.15, 0.2) is 5.82 Å². The van der Waals surface area contributed by atoms with E-state index >= 15 is 4.39 Å². The second-order valence-electron chi connectivity index (χ2n) is 8.23. The fourth-order valence-electron chi connectivity index (χ4n) is 4.16. The summed E-state index contributed by atoms with van der Waals surface area (Å²) in [5, 5.41) is 9.80. The number of anilines is 1. The number of likely N-dealkylation sites (N-methyl/N-ethyl adjacent to an activating group) is 1. The van der Waals surface area contributed by atoms with Crippen molar-refractivity contribution in [3.63, 3.8) is 0 Å². The summed E-state index contributed by atoms with van der Waals surface area (Å²) in [4.78, 5) is 22.9. The van der Waals surface area contributed by atoms with Crippen molar-refractivity contribution in [2.75, 3.05) is 25.0 Å². The Morgan fingerprint density at radius 1 is 1.30 bits per heavy atom. The molecule has 1 unspecified atom stereocenters. The van der Waals surface area contributed by atoms with E-state index in [-0.39, 0.29) is 18.3 Å². The number of nitrogens with one attached hydrogen (secondary N) is 2. The van der Waals surface area contributed by atoms with E-state index in [1.165, 1.54) is 0 Å². The SMILES string of the molecule is CCc1noc(C(=O)NCc2ccc(-c3ccncc3N3CCCC(NC)C3)c(F)c2C)n1. The van der Waals surface area contributed by atoms with Crippen LogP contribution >= 0.6 is 0 Å². The van der Waals surface area contributed by atoms with Crippen LogP contribution in [-0.2, 0) is 13.0 Å². The Morgan fingerprint density at radius 2 is 2.15 bits per heavy atom. The summed E-state index contributed by atoms with van der Waals surface area (Å²) >= 11 is 0. The molecule has 0 aliphatic carbocycles. The van der Waals surface area contributed by atoms with Crippen molar-refractivity contribution in [3.8, 4) is 11.1 Å². The first-order valence-electron chi connectivity index (χ1n) is 11.3. The van der Waals surface area contributed by atoms with Crippen LogP contribution in [0.3, 0.4) is 0 Å². The summed E-state index contributed by atoms with van der Waals surface area (Å²) in [5.74, 6) is -0.409. The van der Waals surface area contributed by atoms with E-state index in [9.17, 15) is 4.79 Å². The number of piperidine rings is 1. The molecular weight excluding hydrogens is 423 g/mol. The van der Waals surface area contributed by atoms with Gasteiger partial charge in [0.1, 0.15) is 5.82 Å². The van der Waals surface area contributed by atoms with Crippen LogP contribution in [0.2, 0.25) is 0 Å². The quantitative estimate of drug-likeness (QED) is 0.568. The number of nitrogens with zero attached hydrogens (tertiary/aromatic N) is 4. The van der Waals surface area contributed by atoms with Crippen molar-refractivity contribution in [2.24, 2.45) is 0 Å². The smallest absolute Gasteiger partial charge is 0.315 e. The maximum Gasteiger partial charge on any atom is 0.315 e. The Kier molecular flexibility index (Phi) is 6.98. The van der Waals surface area contributed by atoms with Crippen molar-refractivity contribution in [2.45, 2.75) is 45.7 Å². The number of hydrogen-bond donors (Lipinski definition) is 2. The van der Waals surface area contributed by atoms with Gasteiger partial charge in [-0.1, -0.05) is 24.2 Å². The zero-order valence-electron chi connectivity index (χ0n) is 19.2. The van der Waals surface area contributed by atoms with Gasteiger partial charge in [-0.15, -0.1) is 0 Å². The Labute approximate surface area is 192 Å². The van der Waals surface area contributed by atoms with Crippen molar-refractivity contribution in [1.82, 2.24) is 25.8 Å². The number of carbonyl (C=O) groups excluding carboxylic acids is 1. The molecule has 3 heterocycles. The number of hydrogen-bond acceptors (Lipinski definition) is 7. The highest BCUT2D eigenvalue weighted by atomic mass is 19.1. The maximum atomic E-state index is 15.5. The zero-order valence-corrected chi connectivity index (χ0v) is 19.2.